The molecule has 4 rings (SSSR count). The van der Waals surface area contributed by atoms with Crippen LogP contribution in [0.25, 0.3) is 17.5 Å². The maximum atomic E-state index is 12.8. The molecule has 7 nitrogen and oxygen atoms in total. The second-order valence-corrected chi connectivity index (χ2v) is 8.59. The molecule has 0 aliphatic rings. The van der Waals surface area contributed by atoms with E-state index >= 15 is 0 Å². The Morgan fingerprint density at radius 3 is 2.34 bits per heavy atom. The molecular weight excluding hydrogens is 501 g/mol. The summed E-state index contributed by atoms with van der Waals surface area (Å²) in [6, 6.07) is 19.9. The van der Waals surface area contributed by atoms with Gasteiger partial charge in [-0.05, 0) is 54.5 Å². The minimum absolute atomic E-state index is 0.0641. The highest BCUT2D eigenvalue weighted by Crippen LogP contribution is 2.28. The van der Waals surface area contributed by atoms with E-state index in [-0.39, 0.29) is 17.2 Å². The molecule has 0 amide bonds. The second-order valence-electron chi connectivity index (χ2n) is 8.59. The lowest BCUT2D eigenvalue weighted by molar-refractivity contribution is -0.274. The molecule has 0 bridgehead atoms. The Balaban J connectivity index is 1.53. The molecule has 0 fully saturated rings. The van der Waals surface area contributed by atoms with Gasteiger partial charge in [-0.15, -0.1) is 13.2 Å². The second kappa shape index (κ2) is 11.6. The smallest absolute Gasteiger partial charge is 0.478 e. The quantitative estimate of drug-likeness (QED) is 0.259. The molecule has 10 heteroatoms. The zero-order valence-electron chi connectivity index (χ0n) is 19.9. The van der Waals surface area contributed by atoms with Gasteiger partial charge in [-0.1, -0.05) is 71.9 Å². The molecule has 196 valence electrons. The molecule has 0 radical (unpaired) electrons. The van der Waals surface area contributed by atoms with Crippen LogP contribution < -0.4 is 10.5 Å². The van der Waals surface area contributed by atoms with Crippen molar-refractivity contribution in [2.24, 2.45) is 5.92 Å². The topological polar surface area (TPSA) is 105 Å². The average molecular weight is 524 g/mol. The molecule has 0 saturated heterocycles. The Labute approximate surface area is 215 Å². The molecule has 0 aliphatic heterocycles. The Hall–Kier alpha value is -4.60. The van der Waals surface area contributed by atoms with Crippen LogP contribution in [0.15, 0.2) is 88.2 Å². The van der Waals surface area contributed by atoms with Gasteiger partial charge in [0.05, 0.1) is 5.56 Å². The van der Waals surface area contributed by atoms with Crippen molar-refractivity contribution in [3.63, 3.8) is 0 Å². The number of carboxylic acid groups (broad SMARTS) is 1. The van der Waals surface area contributed by atoms with E-state index in [4.69, 9.17) is 5.11 Å². The first-order valence-corrected chi connectivity index (χ1v) is 11.7. The average Bonchev–Trinajstić information content (AvgIpc) is 3.32. The lowest BCUT2D eigenvalue weighted by atomic mass is 9.91. The zero-order valence-corrected chi connectivity index (χ0v) is 19.9. The number of ether oxygens (including phenoxy) is 1. The van der Waals surface area contributed by atoms with E-state index < -0.39 is 18.1 Å². The molecule has 0 spiro atoms. The maximum Gasteiger partial charge on any atom is 0.573 e. The molecule has 1 heterocycles. The summed E-state index contributed by atoms with van der Waals surface area (Å²) in [6.07, 6.45) is 0.543. The van der Waals surface area contributed by atoms with Crippen molar-refractivity contribution in [1.29, 1.82) is 0 Å². The van der Waals surface area contributed by atoms with Crippen molar-refractivity contribution in [2.45, 2.75) is 25.6 Å². The van der Waals surface area contributed by atoms with Gasteiger partial charge in [0.25, 0.3) is 0 Å². The number of rotatable bonds is 10. The highest BCUT2D eigenvalue weighted by atomic mass is 19.4. The van der Waals surface area contributed by atoms with E-state index in [0.717, 1.165) is 11.1 Å². The van der Waals surface area contributed by atoms with E-state index in [2.05, 4.69) is 19.4 Å². The predicted octanol–water partition coefficient (Wildman–Crippen LogP) is 6.13. The minimum Gasteiger partial charge on any atom is -0.478 e. The van der Waals surface area contributed by atoms with Gasteiger partial charge in [0.15, 0.2) is 5.82 Å². The van der Waals surface area contributed by atoms with Crippen LogP contribution in [0.1, 0.15) is 33.5 Å². The predicted molar refractivity (Wildman–Crippen MR) is 134 cm³/mol. The molecule has 1 aromatic heterocycles. The number of hydrogen-bond acceptors (Lipinski definition) is 5. The number of nitrogens with one attached hydrogen (secondary N) is 1. The monoisotopic (exact) mass is 524 g/mol. The number of aromatic nitrogens is 2. The summed E-state index contributed by atoms with van der Waals surface area (Å²) in [7, 11) is 0. The SMILES string of the molecule is O=C(O)c1ccc(CCC(C=Cc2ccccc2OC(F)(F)F)Cc2ccc(-c3noc(=O)[nH]3)cc2)cc1. The van der Waals surface area contributed by atoms with Gasteiger partial charge in [0.2, 0.25) is 0 Å². The number of alkyl halides is 3. The van der Waals surface area contributed by atoms with Crippen LogP contribution in [0.5, 0.6) is 5.75 Å². The van der Waals surface area contributed by atoms with Crippen molar-refractivity contribution in [1.82, 2.24) is 10.1 Å². The van der Waals surface area contributed by atoms with Crippen molar-refractivity contribution in [3.05, 3.63) is 112 Å². The fraction of sp³-hybridized carbons (Fsp3) is 0.179. The highest BCUT2D eigenvalue weighted by molar-refractivity contribution is 5.87. The van der Waals surface area contributed by atoms with Crippen LogP contribution >= 0.6 is 0 Å². The fourth-order valence-electron chi connectivity index (χ4n) is 3.96. The van der Waals surface area contributed by atoms with Crippen LogP contribution in [-0.4, -0.2) is 27.6 Å². The number of para-hydroxylation sites is 1. The molecule has 4 aromatic rings. The Kier molecular flexibility index (Phi) is 8.10. The van der Waals surface area contributed by atoms with Crippen molar-refractivity contribution in [2.75, 3.05) is 0 Å². The van der Waals surface area contributed by atoms with Crippen LogP contribution in [0.3, 0.4) is 0 Å². The fourth-order valence-corrected chi connectivity index (χ4v) is 3.96. The number of hydrogen-bond donors (Lipinski definition) is 2. The van der Waals surface area contributed by atoms with Gasteiger partial charge < -0.3 is 9.84 Å². The van der Waals surface area contributed by atoms with Gasteiger partial charge in [-0.25, -0.2) is 9.59 Å². The third-order valence-electron chi connectivity index (χ3n) is 5.86. The minimum atomic E-state index is -4.80. The maximum absolute atomic E-state index is 12.8. The number of aryl methyl sites for hydroxylation is 1. The van der Waals surface area contributed by atoms with E-state index in [0.29, 0.717) is 36.2 Å². The van der Waals surface area contributed by atoms with Crippen LogP contribution in [-0.2, 0) is 12.8 Å². The number of benzene rings is 3. The van der Waals surface area contributed by atoms with Crippen LogP contribution in [0.2, 0.25) is 0 Å². The molecule has 38 heavy (non-hydrogen) atoms. The summed E-state index contributed by atoms with van der Waals surface area (Å²) in [5.41, 5.74) is 3.07. The van der Waals surface area contributed by atoms with Gasteiger partial charge in [-0.3, -0.25) is 9.51 Å². The first-order valence-electron chi connectivity index (χ1n) is 11.7. The number of carboxylic acids is 1. The summed E-state index contributed by atoms with van der Waals surface area (Å²) in [5, 5.41) is 12.8. The first kappa shape index (κ1) is 26.5. The lowest BCUT2D eigenvalue weighted by Gasteiger charge is -2.15. The number of H-pyrrole nitrogens is 1. The molecule has 1 unspecified atom stereocenters. The van der Waals surface area contributed by atoms with Gasteiger partial charge in [0.1, 0.15) is 5.75 Å². The van der Waals surface area contributed by atoms with E-state index in [1.165, 1.54) is 12.1 Å². The van der Waals surface area contributed by atoms with Gasteiger partial charge >= 0.3 is 18.1 Å². The molecular formula is C28H23F3N2O5. The number of aromatic amines is 1. The van der Waals surface area contributed by atoms with Crippen molar-refractivity contribution < 1.29 is 32.3 Å². The number of nitrogens with zero attached hydrogens (tertiary/aromatic N) is 1. The Morgan fingerprint density at radius 1 is 1.03 bits per heavy atom. The van der Waals surface area contributed by atoms with E-state index in [1.54, 1.807) is 54.6 Å². The summed E-state index contributed by atoms with van der Waals surface area (Å²) in [5.74, 6) is -1.70. The largest absolute Gasteiger partial charge is 0.573 e. The summed E-state index contributed by atoms with van der Waals surface area (Å²) < 4.78 is 47.2. The van der Waals surface area contributed by atoms with Crippen LogP contribution in [0, 0.1) is 5.92 Å². The normalized spacial score (nSPS) is 12.5. The summed E-state index contributed by atoms with van der Waals surface area (Å²) in [6.45, 7) is 0. The Morgan fingerprint density at radius 2 is 1.71 bits per heavy atom. The van der Waals surface area contributed by atoms with Crippen molar-refractivity contribution in [3.8, 4) is 17.1 Å². The lowest BCUT2D eigenvalue weighted by Crippen LogP contribution is -2.17. The highest BCUT2D eigenvalue weighted by Gasteiger charge is 2.31. The van der Waals surface area contributed by atoms with E-state index in [9.17, 15) is 22.8 Å². The molecule has 0 aliphatic carbocycles. The number of carbonyl (C=O) groups is 1. The third-order valence-corrected chi connectivity index (χ3v) is 5.86. The number of aromatic carboxylic acids is 1. The third kappa shape index (κ3) is 7.45. The molecule has 1 atom stereocenters. The number of halogens is 3. The summed E-state index contributed by atoms with van der Waals surface area (Å²) in [4.78, 5) is 24.8. The standard InChI is InChI=1S/C28H23F3N2O5/c29-28(30,31)37-24-4-2-1-3-21(24)12-9-19(6-5-18-7-15-23(16-8-18)26(34)35)17-20-10-13-22(14-11-20)25-32-27(36)38-33-25/h1-4,7-16,19H,5-6,17H2,(H,34,35)(H,32,33,36). The van der Waals surface area contributed by atoms with Crippen molar-refractivity contribution >= 4 is 12.0 Å². The Bertz CT molecular complexity index is 1460. The van der Waals surface area contributed by atoms with Crippen LogP contribution in [0.4, 0.5) is 13.2 Å². The number of allylic oxidation sites excluding steroid dienone is 1. The van der Waals surface area contributed by atoms with E-state index in [1.807, 2.05) is 18.2 Å². The molecule has 3 aromatic carbocycles. The first-order chi connectivity index (χ1) is 18.2. The molecule has 0 saturated carbocycles. The van der Waals surface area contributed by atoms with Gasteiger partial charge in [0, 0.05) is 11.1 Å². The zero-order chi connectivity index (χ0) is 27.1. The van der Waals surface area contributed by atoms with Gasteiger partial charge in [-0.2, -0.15) is 0 Å². The summed E-state index contributed by atoms with van der Waals surface area (Å²) >= 11 is 0. The molecule has 2 N–H and O–H groups in total.